The molecule has 0 fully saturated rings. The number of benzene rings is 7. The second-order valence-electron chi connectivity index (χ2n) is 12.1. The third kappa shape index (κ3) is 4.37. The summed E-state index contributed by atoms with van der Waals surface area (Å²) in [6.45, 7) is 0. The molecule has 0 amide bonds. The fourth-order valence-electron chi connectivity index (χ4n) is 6.68. The van der Waals surface area contributed by atoms with Crippen LogP contribution in [-0.4, -0.2) is 15.0 Å². The Morgan fingerprint density at radius 1 is 0.292 bits per heavy atom. The topological polar surface area (TPSA) is 65.0 Å². The van der Waals surface area contributed by atoms with Crippen LogP contribution >= 0.6 is 0 Å². The minimum Gasteiger partial charge on any atom is -0.456 e. The minimum atomic E-state index is 0.579. The van der Waals surface area contributed by atoms with E-state index in [2.05, 4.69) is 84.9 Å². The van der Waals surface area contributed by atoms with E-state index in [1.807, 2.05) is 66.7 Å². The Morgan fingerprint density at radius 2 is 0.812 bits per heavy atom. The van der Waals surface area contributed by atoms with Crippen molar-refractivity contribution in [3.63, 3.8) is 0 Å². The van der Waals surface area contributed by atoms with Gasteiger partial charge in [-0.25, -0.2) is 15.0 Å². The summed E-state index contributed by atoms with van der Waals surface area (Å²) < 4.78 is 12.5. The number of hydrogen-bond donors (Lipinski definition) is 0. The molecule has 3 aromatic heterocycles. The van der Waals surface area contributed by atoms with Gasteiger partial charge in [-0.2, -0.15) is 0 Å². The first-order valence-electron chi connectivity index (χ1n) is 15.9. The molecule has 0 aliphatic carbocycles. The minimum absolute atomic E-state index is 0.579. The molecule has 48 heavy (non-hydrogen) atoms. The molecule has 0 saturated heterocycles. The van der Waals surface area contributed by atoms with Crippen molar-refractivity contribution < 1.29 is 8.83 Å². The van der Waals surface area contributed by atoms with Crippen molar-refractivity contribution in [2.24, 2.45) is 0 Å². The summed E-state index contributed by atoms with van der Waals surface area (Å²) in [5, 5.41) is 6.66. The fraction of sp³-hybridized carbons (Fsp3) is 0. The molecule has 3 heterocycles. The second kappa shape index (κ2) is 10.5. The Balaban J connectivity index is 1.10. The molecular weight excluding hydrogens is 590 g/mol. The number of hydrogen-bond acceptors (Lipinski definition) is 5. The van der Waals surface area contributed by atoms with Gasteiger partial charge in [-0.3, -0.25) is 0 Å². The van der Waals surface area contributed by atoms with Crippen molar-refractivity contribution in [2.45, 2.75) is 0 Å². The Labute approximate surface area is 274 Å². The molecule has 5 nitrogen and oxygen atoms in total. The maximum Gasteiger partial charge on any atom is 0.164 e. The monoisotopic (exact) mass is 615 g/mol. The van der Waals surface area contributed by atoms with E-state index in [0.29, 0.717) is 17.5 Å². The summed E-state index contributed by atoms with van der Waals surface area (Å²) in [4.78, 5) is 14.9. The maximum absolute atomic E-state index is 6.40. The van der Waals surface area contributed by atoms with E-state index in [1.165, 1.54) is 16.3 Å². The number of aromatic nitrogens is 3. The Bertz CT molecular complexity index is 2850. The van der Waals surface area contributed by atoms with Crippen LogP contribution in [0.25, 0.3) is 99.9 Å². The van der Waals surface area contributed by atoms with E-state index in [-0.39, 0.29) is 0 Å². The highest BCUT2D eigenvalue weighted by molar-refractivity contribution is 6.08. The lowest BCUT2D eigenvalue weighted by Gasteiger charge is -2.08. The van der Waals surface area contributed by atoms with Crippen LogP contribution in [0.3, 0.4) is 0 Å². The lowest BCUT2D eigenvalue weighted by atomic mass is 9.99. The Hall–Kier alpha value is -6.59. The average molecular weight is 616 g/mol. The summed E-state index contributed by atoms with van der Waals surface area (Å²) in [5.41, 5.74) is 8.30. The van der Waals surface area contributed by atoms with Gasteiger partial charge in [0.15, 0.2) is 17.5 Å². The van der Waals surface area contributed by atoms with Crippen molar-refractivity contribution >= 4 is 54.6 Å². The van der Waals surface area contributed by atoms with Crippen molar-refractivity contribution in [1.29, 1.82) is 0 Å². The zero-order chi connectivity index (χ0) is 31.6. The maximum atomic E-state index is 6.40. The van der Waals surface area contributed by atoms with Crippen molar-refractivity contribution in [1.82, 2.24) is 15.0 Å². The molecule has 0 spiro atoms. The lowest BCUT2D eigenvalue weighted by molar-refractivity contribution is 0.668. The quantitative estimate of drug-likeness (QED) is 0.197. The zero-order valence-corrected chi connectivity index (χ0v) is 25.6. The number of rotatable bonds is 4. The van der Waals surface area contributed by atoms with E-state index in [1.54, 1.807) is 0 Å². The van der Waals surface area contributed by atoms with Gasteiger partial charge in [-0.05, 0) is 76.5 Å². The second-order valence-corrected chi connectivity index (χ2v) is 12.1. The number of furan rings is 2. The molecule has 5 heteroatoms. The molecule has 0 bridgehead atoms. The van der Waals surface area contributed by atoms with E-state index in [4.69, 9.17) is 23.8 Å². The fourth-order valence-corrected chi connectivity index (χ4v) is 6.68. The molecule has 7 aromatic carbocycles. The first-order valence-corrected chi connectivity index (χ1v) is 15.9. The number of fused-ring (bicyclic) bond motifs is 7. The van der Waals surface area contributed by atoms with Crippen LogP contribution in [-0.2, 0) is 0 Å². The van der Waals surface area contributed by atoms with Crippen molar-refractivity contribution in [3.05, 3.63) is 152 Å². The molecular formula is C43H25N3O2. The van der Waals surface area contributed by atoms with Gasteiger partial charge in [-0.15, -0.1) is 0 Å². The molecule has 0 atom stereocenters. The molecule has 10 aromatic rings. The largest absolute Gasteiger partial charge is 0.456 e. The molecule has 0 aliphatic heterocycles. The van der Waals surface area contributed by atoms with Gasteiger partial charge >= 0.3 is 0 Å². The summed E-state index contributed by atoms with van der Waals surface area (Å²) in [5.74, 6) is 1.78. The predicted octanol–water partition coefficient (Wildman–Crippen LogP) is 11.5. The van der Waals surface area contributed by atoms with Gasteiger partial charge in [-0.1, -0.05) is 97.1 Å². The Kier molecular flexibility index (Phi) is 5.81. The van der Waals surface area contributed by atoms with Crippen molar-refractivity contribution in [2.75, 3.05) is 0 Å². The van der Waals surface area contributed by atoms with Crippen LogP contribution in [0.1, 0.15) is 0 Å². The molecule has 0 radical (unpaired) electrons. The standard InChI is InChI=1S/C43H25N3O2/c1-2-9-27(10-3-1)41-44-42(31-18-21-38-36(24-31)33-12-6-7-13-37(33)47-38)46-43(45-41)32-16-19-34-35-23-30(17-20-39(35)48-40(34)25-32)29-15-14-26-8-4-5-11-28(26)22-29/h1-25H. The van der Waals surface area contributed by atoms with Gasteiger partial charge in [0.1, 0.15) is 22.3 Å². The van der Waals surface area contributed by atoms with E-state index >= 15 is 0 Å². The SMILES string of the molecule is c1ccc(-c2nc(-c3ccc4c(c3)oc3ccc(-c5ccc6ccccc6c5)cc34)nc(-c3ccc4oc5ccccc5c4c3)n2)cc1. The van der Waals surface area contributed by atoms with E-state index in [0.717, 1.165) is 66.1 Å². The summed E-state index contributed by atoms with van der Waals surface area (Å²) in [7, 11) is 0. The first kappa shape index (κ1) is 26.6. The number of nitrogens with zero attached hydrogens (tertiary/aromatic N) is 3. The van der Waals surface area contributed by atoms with Crippen LogP contribution in [0.2, 0.25) is 0 Å². The highest BCUT2D eigenvalue weighted by Crippen LogP contribution is 2.36. The molecule has 224 valence electrons. The number of para-hydroxylation sites is 1. The molecule has 0 saturated carbocycles. The van der Waals surface area contributed by atoms with Gasteiger partial charge in [0.05, 0.1) is 0 Å². The highest BCUT2D eigenvalue weighted by Gasteiger charge is 2.16. The summed E-state index contributed by atoms with van der Waals surface area (Å²) in [6.07, 6.45) is 0. The molecule has 0 aliphatic rings. The van der Waals surface area contributed by atoms with E-state index in [9.17, 15) is 0 Å². The van der Waals surface area contributed by atoms with Crippen LogP contribution in [0.5, 0.6) is 0 Å². The summed E-state index contributed by atoms with van der Waals surface area (Å²) in [6, 6.07) is 51.8. The first-order chi connectivity index (χ1) is 23.7. The summed E-state index contributed by atoms with van der Waals surface area (Å²) >= 11 is 0. The van der Waals surface area contributed by atoms with E-state index < -0.39 is 0 Å². The molecule has 0 unspecified atom stereocenters. The normalized spacial score (nSPS) is 11.8. The third-order valence-corrected chi connectivity index (χ3v) is 9.11. The van der Waals surface area contributed by atoms with Gasteiger partial charge in [0.25, 0.3) is 0 Å². The smallest absolute Gasteiger partial charge is 0.164 e. The van der Waals surface area contributed by atoms with Crippen LogP contribution in [0, 0.1) is 0 Å². The van der Waals surface area contributed by atoms with Gasteiger partial charge in [0, 0.05) is 38.2 Å². The van der Waals surface area contributed by atoms with Crippen molar-refractivity contribution in [3.8, 4) is 45.3 Å². The van der Waals surface area contributed by atoms with Gasteiger partial charge in [0.2, 0.25) is 0 Å². The van der Waals surface area contributed by atoms with Gasteiger partial charge < -0.3 is 8.83 Å². The van der Waals surface area contributed by atoms with Crippen LogP contribution < -0.4 is 0 Å². The lowest BCUT2D eigenvalue weighted by Crippen LogP contribution is -2.00. The molecule has 10 rings (SSSR count). The van der Waals surface area contributed by atoms with Crippen LogP contribution in [0.15, 0.2) is 160 Å². The average Bonchev–Trinajstić information content (AvgIpc) is 3.72. The predicted molar refractivity (Wildman–Crippen MR) is 194 cm³/mol. The molecule has 0 N–H and O–H groups in total. The van der Waals surface area contributed by atoms with Crippen LogP contribution in [0.4, 0.5) is 0 Å². The Morgan fingerprint density at radius 3 is 1.62 bits per heavy atom. The zero-order valence-electron chi connectivity index (χ0n) is 25.6. The third-order valence-electron chi connectivity index (χ3n) is 9.11. The highest BCUT2D eigenvalue weighted by atomic mass is 16.3.